The number of carbonyl (C=O) groups is 1. The van der Waals surface area contributed by atoms with Gasteiger partial charge in [-0.1, -0.05) is 13.8 Å². The lowest BCUT2D eigenvalue weighted by molar-refractivity contribution is -0.141. The van der Waals surface area contributed by atoms with Gasteiger partial charge in [0.2, 0.25) is 0 Å². The minimum atomic E-state index is -0.903. The van der Waals surface area contributed by atoms with Crippen molar-refractivity contribution in [3.8, 4) is 0 Å². The lowest BCUT2D eigenvalue weighted by Crippen LogP contribution is -2.44. The van der Waals surface area contributed by atoms with Crippen LogP contribution in [0, 0.1) is 5.41 Å². The molecule has 0 aliphatic carbocycles. The van der Waals surface area contributed by atoms with Gasteiger partial charge in [0.05, 0.1) is 6.61 Å². The van der Waals surface area contributed by atoms with Crippen LogP contribution in [0.1, 0.15) is 26.7 Å². The van der Waals surface area contributed by atoms with Gasteiger partial charge in [0, 0.05) is 20.3 Å². The van der Waals surface area contributed by atoms with Gasteiger partial charge < -0.3 is 20.3 Å². The molecular formula is C11H23NO4. The number of carboxylic acid groups (broad SMARTS) is 1. The summed E-state index contributed by atoms with van der Waals surface area (Å²) in [5.41, 5.74) is -0.0236. The van der Waals surface area contributed by atoms with Crippen LogP contribution in [0.15, 0.2) is 0 Å². The van der Waals surface area contributed by atoms with Gasteiger partial charge in [0.25, 0.3) is 0 Å². The number of nitrogens with one attached hydrogen (secondary N) is 1. The molecule has 0 aromatic carbocycles. The second kappa shape index (κ2) is 7.60. The number of hydrogen-bond acceptors (Lipinski definition) is 4. The third kappa shape index (κ3) is 6.76. The van der Waals surface area contributed by atoms with Gasteiger partial charge in [-0.3, -0.25) is 4.79 Å². The number of aliphatic hydroxyl groups excluding tert-OH is 1. The minimum absolute atomic E-state index is 0.0236. The van der Waals surface area contributed by atoms with Crippen molar-refractivity contribution in [1.82, 2.24) is 5.32 Å². The summed E-state index contributed by atoms with van der Waals surface area (Å²) in [4.78, 5) is 10.8. The number of ether oxygens (including phenoxy) is 1. The normalized spacial score (nSPS) is 13.8. The van der Waals surface area contributed by atoms with Gasteiger partial charge in [0.1, 0.15) is 6.04 Å². The molecule has 0 bridgehead atoms. The monoisotopic (exact) mass is 233 g/mol. The smallest absolute Gasteiger partial charge is 0.323 e. The topological polar surface area (TPSA) is 78.8 Å². The molecule has 0 aromatic rings. The lowest BCUT2D eigenvalue weighted by Gasteiger charge is -2.26. The number of methoxy groups -OCH3 is 1. The fourth-order valence-electron chi connectivity index (χ4n) is 1.43. The second-order valence-electron chi connectivity index (χ2n) is 4.72. The highest BCUT2D eigenvalue weighted by atomic mass is 16.5. The van der Waals surface area contributed by atoms with Crippen molar-refractivity contribution in [3.63, 3.8) is 0 Å². The van der Waals surface area contributed by atoms with E-state index in [1.807, 2.05) is 13.8 Å². The van der Waals surface area contributed by atoms with Crippen molar-refractivity contribution in [2.24, 2.45) is 5.41 Å². The van der Waals surface area contributed by atoms with Crippen LogP contribution >= 0.6 is 0 Å². The highest BCUT2D eigenvalue weighted by Crippen LogP contribution is 2.20. The van der Waals surface area contributed by atoms with Crippen LogP contribution in [0.5, 0.6) is 0 Å². The van der Waals surface area contributed by atoms with Crippen molar-refractivity contribution in [2.75, 3.05) is 26.9 Å². The summed E-state index contributed by atoms with van der Waals surface area (Å²) < 4.78 is 4.83. The Morgan fingerprint density at radius 3 is 2.56 bits per heavy atom. The summed E-state index contributed by atoms with van der Waals surface area (Å²) in [6, 6.07) is -0.668. The lowest BCUT2D eigenvalue weighted by atomic mass is 9.87. The second-order valence-corrected chi connectivity index (χ2v) is 4.72. The van der Waals surface area contributed by atoms with E-state index in [0.29, 0.717) is 6.54 Å². The van der Waals surface area contributed by atoms with E-state index in [1.165, 1.54) is 7.11 Å². The largest absolute Gasteiger partial charge is 0.480 e. The summed E-state index contributed by atoms with van der Waals surface area (Å²) in [6.07, 6.45) is 1.59. The first kappa shape index (κ1) is 15.3. The molecule has 5 nitrogen and oxygen atoms in total. The summed E-state index contributed by atoms with van der Waals surface area (Å²) in [5.74, 6) is -0.903. The van der Waals surface area contributed by atoms with Crippen LogP contribution in [0.25, 0.3) is 0 Å². The molecule has 0 rings (SSSR count). The number of hydrogen-bond donors (Lipinski definition) is 3. The van der Waals surface area contributed by atoms with Crippen LogP contribution in [0.3, 0.4) is 0 Å². The van der Waals surface area contributed by atoms with Gasteiger partial charge >= 0.3 is 5.97 Å². The third-order valence-corrected chi connectivity index (χ3v) is 2.47. The Labute approximate surface area is 96.8 Å². The molecule has 5 heteroatoms. The highest BCUT2D eigenvalue weighted by molar-refractivity contribution is 5.73. The maximum absolute atomic E-state index is 10.8. The van der Waals surface area contributed by atoms with Crippen molar-refractivity contribution < 1.29 is 19.7 Å². The molecule has 1 atom stereocenters. The van der Waals surface area contributed by atoms with E-state index in [9.17, 15) is 4.79 Å². The predicted molar refractivity (Wildman–Crippen MR) is 61.4 cm³/mol. The molecular weight excluding hydrogens is 210 g/mol. The number of aliphatic hydroxyl groups is 1. The maximum Gasteiger partial charge on any atom is 0.323 e. The molecule has 0 spiro atoms. The van der Waals surface area contributed by atoms with Crippen LogP contribution in [0.2, 0.25) is 0 Å². The van der Waals surface area contributed by atoms with Gasteiger partial charge in [0.15, 0.2) is 0 Å². The molecule has 0 radical (unpaired) electrons. The van der Waals surface area contributed by atoms with Gasteiger partial charge in [-0.05, 0) is 18.3 Å². The average molecular weight is 233 g/mol. The maximum atomic E-state index is 10.8. The number of aliphatic carboxylic acids is 1. The zero-order valence-electron chi connectivity index (χ0n) is 10.3. The molecule has 3 N–H and O–H groups in total. The van der Waals surface area contributed by atoms with Crippen LogP contribution in [-0.2, 0) is 9.53 Å². The Balaban J connectivity index is 4.02. The quantitative estimate of drug-likeness (QED) is 0.539. The molecule has 0 fully saturated rings. The summed E-state index contributed by atoms with van der Waals surface area (Å²) in [6.45, 7) is 5.01. The predicted octanol–water partition coefficient (Wildman–Crippen LogP) is 0.474. The van der Waals surface area contributed by atoms with E-state index in [4.69, 9.17) is 14.9 Å². The molecule has 16 heavy (non-hydrogen) atoms. The molecule has 96 valence electrons. The van der Waals surface area contributed by atoms with E-state index in [-0.39, 0.29) is 18.6 Å². The third-order valence-electron chi connectivity index (χ3n) is 2.47. The average Bonchev–Trinajstić information content (AvgIpc) is 2.21. The van der Waals surface area contributed by atoms with Gasteiger partial charge in [-0.25, -0.2) is 0 Å². The zero-order valence-corrected chi connectivity index (χ0v) is 10.3. The molecule has 0 aliphatic rings. The fraction of sp³-hybridized carbons (Fsp3) is 0.909. The molecule has 0 aliphatic heterocycles. The molecule has 0 saturated heterocycles. The van der Waals surface area contributed by atoms with Crippen molar-refractivity contribution >= 4 is 5.97 Å². The Bertz CT molecular complexity index is 206. The van der Waals surface area contributed by atoms with E-state index in [0.717, 1.165) is 12.8 Å². The van der Waals surface area contributed by atoms with Crippen molar-refractivity contribution in [3.05, 3.63) is 0 Å². The molecule has 0 aromatic heterocycles. The minimum Gasteiger partial charge on any atom is -0.480 e. The molecule has 0 heterocycles. The highest BCUT2D eigenvalue weighted by Gasteiger charge is 2.22. The van der Waals surface area contributed by atoms with E-state index < -0.39 is 12.0 Å². The van der Waals surface area contributed by atoms with Gasteiger partial charge in [-0.2, -0.15) is 0 Å². The van der Waals surface area contributed by atoms with Gasteiger partial charge in [-0.15, -0.1) is 0 Å². The Hall–Kier alpha value is -0.650. The molecule has 0 saturated carbocycles. The Kier molecular flexibility index (Phi) is 7.29. The summed E-state index contributed by atoms with van der Waals surface area (Å²) >= 11 is 0. The Morgan fingerprint density at radius 2 is 2.12 bits per heavy atom. The summed E-state index contributed by atoms with van der Waals surface area (Å²) in [5, 5.41) is 20.6. The van der Waals surface area contributed by atoms with Crippen LogP contribution in [0.4, 0.5) is 0 Å². The first-order valence-corrected chi connectivity index (χ1v) is 5.49. The number of rotatable bonds is 9. The van der Waals surface area contributed by atoms with E-state index in [1.54, 1.807) is 0 Å². The number of carboxylic acids is 1. The van der Waals surface area contributed by atoms with Crippen molar-refractivity contribution in [1.29, 1.82) is 0 Å². The zero-order chi connectivity index (χ0) is 12.6. The van der Waals surface area contributed by atoms with E-state index >= 15 is 0 Å². The Morgan fingerprint density at radius 1 is 1.50 bits per heavy atom. The summed E-state index contributed by atoms with van der Waals surface area (Å²) in [7, 11) is 1.48. The first-order chi connectivity index (χ1) is 7.43. The molecule has 0 amide bonds. The first-order valence-electron chi connectivity index (χ1n) is 5.49. The van der Waals surface area contributed by atoms with E-state index in [2.05, 4.69) is 5.32 Å². The standard InChI is InChI=1S/C11H23NO4/c1-11(2,5-4-6-13)8-12-9(7-16-3)10(14)15/h9,12-13H,4-8H2,1-3H3,(H,14,15). The fourth-order valence-corrected chi connectivity index (χ4v) is 1.43. The molecule has 1 unspecified atom stereocenters. The SMILES string of the molecule is COCC(NCC(C)(C)CCCO)C(=O)O. The van der Waals surface area contributed by atoms with Crippen LogP contribution < -0.4 is 5.32 Å². The van der Waals surface area contributed by atoms with Crippen molar-refractivity contribution in [2.45, 2.75) is 32.7 Å². The van der Waals surface area contributed by atoms with Crippen LogP contribution in [-0.4, -0.2) is 49.1 Å².